The molecule has 0 radical (unpaired) electrons. The summed E-state index contributed by atoms with van der Waals surface area (Å²) in [5.74, 6) is 0.571. The predicted molar refractivity (Wildman–Crippen MR) is 92.7 cm³/mol. The van der Waals surface area contributed by atoms with Gasteiger partial charge in [-0.25, -0.2) is 0 Å². The Labute approximate surface area is 145 Å². The lowest BCUT2D eigenvalue weighted by Crippen LogP contribution is -2.29. The molecule has 7 heteroatoms. The third-order valence-corrected chi connectivity index (χ3v) is 3.63. The van der Waals surface area contributed by atoms with Crippen molar-refractivity contribution in [2.75, 3.05) is 11.9 Å². The fourth-order valence-corrected chi connectivity index (χ4v) is 2.74. The van der Waals surface area contributed by atoms with E-state index in [9.17, 15) is 4.79 Å². The topological polar surface area (TPSA) is 73.6 Å². The molecule has 1 aromatic carbocycles. The van der Waals surface area contributed by atoms with E-state index in [1.165, 1.54) is 0 Å². The van der Waals surface area contributed by atoms with Crippen LogP contribution in [0.5, 0.6) is 5.75 Å². The van der Waals surface area contributed by atoms with Crippen LogP contribution in [-0.2, 0) is 9.53 Å². The number of nitrogens with one attached hydrogen (secondary N) is 1. The molecule has 1 aliphatic rings. The van der Waals surface area contributed by atoms with Crippen LogP contribution in [0.3, 0.4) is 0 Å². The molecule has 1 amide bonds. The predicted octanol–water partition coefficient (Wildman–Crippen LogP) is 3.10. The lowest BCUT2D eigenvalue weighted by atomic mass is 10.2. The Balaban J connectivity index is 0.00000242. The average Bonchev–Trinajstić information content (AvgIpc) is 2.85. The van der Waals surface area contributed by atoms with Crippen LogP contribution in [0.2, 0.25) is 0 Å². The van der Waals surface area contributed by atoms with E-state index in [1.54, 1.807) is 6.07 Å². The van der Waals surface area contributed by atoms with Gasteiger partial charge in [-0.05, 0) is 38.8 Å². The van der Waals surface area contributed by atoms with Crippen molar-refractivity contribution < 1.29 is 14.3 Å². The van der Waals surface area contributed by atoms with Crippen LogP contribution in [-0.4, -0.2) is 30.8 Å². The number of amides is 1. The van der Waals surface area contributed by atoms with Crippen LogP contribution in [0.25, 0.3) is 0 Å². The van der Waals surface area contributed by atoms with E-state index in [4.69, 9.17) is 15.2 Å². The molecule has 0 saturated carbocycles. The number of anilines is 1. The normalized spacial score (nSPS) is 20.6. The summed E-state index contributed by atoms with van der Waals surface area (Å²) in [6.45, 7) is 4.37. The molecule has 0 spiro atoms. The minimum absolute atomic E-state index is 0. The van der Waals surface area contributed by atoms with Gasteiger partial charge in [0.2, 0.25) is 0 Å². The zero-order valence-electron chi connectivity index (χ0n) is 12.7. The fraction of sp³-hybridized carbons (Fsp3) is 0.533. The van der Waals surface area contributed by atoms with Gasteiger partial charge in [-0.3, -0.25) is 4.79 Å². The van der Waals surface area contributed by atoms with Crippen molar-refractivity contribution in [2.45, 2.75) is 45.0 Å². The molecule has 1 saturated heterocycles. The molecule has 0 unspecified atom stereocenters. The molecule has 22 heavy (non-hydrogen) atoms. The smallest absolute Gasteiger partial charge is 0.253 e. The first-order valence-corrected chi connectivity index (χ1v) is 7.91. The van der Waals surface area contributed by atoms with E-state index >= 15 is 0 Å². The van der Waals surface area contributed by atoms with Crippen molar-refractivity contribution in [2.24, 2.45) is 5.73 Å². The number of halogens is 2. The molecular weight excluding hydrogens is 372 g/mol. The lowest BCUT2D eigenvalue weighted by molar-refractivity contribution is -0.126. The highest BCUT2D eigenvalue weighted by Gasteiger charge is 2.29. The second kappa shape index (κ2) is 8.72. The monoisotopic (exact) mass is 392 g/mol. The van der Waals surface area contributed by atoms with Gasteiger partial charge in [-0.15, -0.1) is 12.4 Å². The maximum atomic E-state index is 12.2. The van der Waals surface area contributed by atoms with Crippen LogP contribution in [0.15, 0.2) is 22.7 Å². The van der Waals surface area contributed by atoms with Gasteiger partial charge in [0.05, 0.1) is 12.2 Å². The Morgan fingerprint density at radius 1 is 1.45 bits per heavy atom. The van der Waals surface area contributed by atoms with E-state index in [0.717, 1.165) is 10.9 Å². The van der Waals surface area contributed by atoms with Crippen molar-refractivity contribution in [3.63, 3.8) is 0 Å². The second-order valence-electron chi connectivity index (χ2n) is 5.39. The van der Waals surface area contributed by atoms with Gasteiger partial charge >= 0.3 is 0 Å². The zero-order valence-corrected chi connectivity index (χ0v) is 15.1. The van der Waals surface area contributed by atoms with Crippen LogP contribution >= 0.6 is 28.3 Å². The Hall–Kier alpha value is -0.820. The minimum Gasteiger partial charge on any atom is -0.491 e. The number of benzene rings is 1. The minimum atomic E-state index is -0.424. The average molecular weight is 394 g/mol. The van der Waals surface area contributed by atoms with E-state index in [0.29, 0.717) is 24.4 Å². The summed E-state index contributed by atoms with van der Waals surface area (Å²) in [7, 11) is 0. The van der Waals surface area contributed by atoms with Crippen molar-refractivity contribution in [1.29, 1.82) is 0 Å². The number of rotatable bonds is 5. The zero-order chi connectivity index (χ0) is 15.4. The first-order valence-electron chi connectivity index (χ1n) is 7.11. The van der Waals surface area contributed by atoms with E-state index in [1.807, 2.05) is 26.0 Å². The van der Waals surface area contributed by atoms with Gasteiger partial charge in [0, 0.05) is 22.8 Å². The Bertz CT molecular complexity index is 514. The molecule has 2 atom stereocenters. The highest BCUT2D eigenvalue weighted by molar-refractivity contribution is 9.10. The summed E-state index contributed by atoms with van der Waals surface area (Å²) in [4.78, 5) is 12.2. The maximum absolute atomic E-state index is 12.2. The molecule has 1 fully saturated rings. The summed E-state index contributed by atoms with van der Waals surface area (Å²) in [5.41, 5.74) is 6.24. The van der Waals surface area contributed by atoms with Gasteiger partial charge in [-0.1, -0.05) is 15.9 Å². The molecule has 1 heterocycles. The van der Waals surface area contributed by atoms with Crippen molar-refractivity contribution >= 4 is 39.9 Å². The van der Waals surface area contributed by atoms with Crippen LogP contribution in [0, 0.1) is 0 Å². The molecule has 0 bridgehead atoms. The summed E-state index contributed by atoms with van der Waals surface area (Å²) in [6.07, 6.45) is 1.17. The number of hydrogen-bond donors (Lipinski definition) is 2. The third kappa shape index (κ3) is 5.43. The van der Waals surface area contributed by atoms with Gasteiger partial charge in [-0.2, -0.15) is 0 Å². The largest absolute Gasteiger partial charge is 0.491 e. The van der Waals surface area contributed by atoms with Crippen LogP contribution in [0.1, 0.15) is 26.7 Å². The second-order valence-corrected chi connectivity index (χ2v) is 6.31. The summed E-state index contributed by atoms with van der Waals surface area (Å²) in [6, 6.07) is 5.50. The molecule has 1 aromatic rings. The first-order chi connectivity index (χ1) is 9.97. The SMILES string of the molecule is CC(C)Oc1cc(Br)cc(NC(=O)[C@@H]2CC[C@H](CN)O2)c1.Cl. The standard InChI is InChI=1S/C15H21BrN2O3.ClH/c1-9(2)20-13-6-10(16)5-11(7-13)18-15(19)14-4-3-12(8-17)21-14;/h5-7,9,12,14H,3-4,8,17H2,1-2H3,(H,18,19);1H/t12-,14+;/m1./s1. The molecule has 3 N–H and O–H groups in total. The van der Waals surface area contributed by atoms with Crippen molar-refractivity contribution in [3.8, 4) is 5.75 Å². The van der Waals surface area contributed by atoms with Gasteiger partial charge in [0.25, 0.3) is 5.91 Å². The van der Waals surface area contributed by atoms with Crippen molar-refractivity contribution in [1.82, 2.24) is 0 Å². The fourth-order valence-electron chi connectivity index (χ4n) is 2.27. The molecule has 0 aromatic heterocycles. The van der Waals surface area contributed by atoms with Crippen LogP contribution < -0.4 is 15.8 Å². The Morgan fingerprint density at radius 3 is 2.77 bits per heavy atom. The summed E-state index contributed by atoms with van der Waals surface area (Å²) in [5, 5.41) is 2.87. The molecule has 0 aliphatic carbocycles. The highest BCUT2D eigenvalue weighted by atomic mass is 79.9. The molecular formula is C15H22BrClN2O3. The first kappa shape index (κ1) is 19.2. The quantitative estimate of drug-likeness (QED) is 0.806. The van der Waals surface area contributed by atoms with Gasteiger partial charge in [0.15, 0.2) is 0 Å². The van der Waals surface area contributed by atoms with Crippen molar-refractivity contribution in [3.05, 3.63) is 22.7 Å². The summed E-state index contributed by atoms with van der Waals surface area (Å²) >= 11 is 3.42. The number of nitrogens with two attached hydrogens (primary N) is 1. The maximum Gasteiger partial charge on any atom is 0.253 e. The number of carbonyl (C=O) groups is 1. The van der Waals surface area contributed by atoms with E-state index in [2.05, 4.69) is 21.2 Å². The molecule has 5 nitrogen and oxygen atoms in total. The number of carbonyl (C=O) groups excluding carboxylic acids is 1. The lowest BCUT2D eigenvalue weighted by Gasteiger charge is -2.15. The highest BCUT2D eigenvalue weighted by Crippen LogP contribution is 2.27. The number of ether oxygens (including phenoxy) is 2. The molecule has 124 valence electrons. The Morgan fingerprint density at radius 2 is 2.18 bits per heavy atom. The van der Waals surface area contributed by atoms with Gasteiger partial charge < -0.3 is 20.5 Å². The Kier molecular flexibility index (Phi) is 7.62. The molecule has 2 rings (SSSR count). The van der Waals surface area contributed by atoms with Gasteiger partial charge in [0.1, 0.15) is 11.9 Å². The van der Waals surface area contributed by atoms with Crippen LogP contribution in [0.4, 0.5) is 5.69 Å². The summed E-state index contributed by atoms with van der Waals surface area (Å²) < 4.78 is 12.1. The number of hydrogen-bond acceptors (Lipinski definition) is 4. The van der Waals surface area contributed by atoms with E-state index in [-0.39, 0.29) is 30.5 Å². The van der Waals surface area contributed by atoms with E-state index < -0.39 is 6.10 Å². The third-order valence-electron chi connectivity index (χ3n) is 3.17. The molecule has 1 aliphatic heterocycles.